The molecule has 0 N–H and O–H groups in total. The first kappa shape index (κ1) is 12.2. The average molecular weight is 244 g/mol. The van der Waals surface area contributed by atoms with Crippen LogP contribution in [0.4, 0.5) is 0 Å². The molecular formula is C13H22ClNO. The summed E-state index contributed by atoms with van der Waals surface area (Å²) in [5.41, 5.74) is 0. The molecule has 0 spiro atoms. The lowest BCUT2D eigenvalue weighted by atomic mass is 9.72. The normalized spacial score (nSPS) is 36.7. The number of hydrogen-bond donors (Lipinski definition) is 0. The van der Waals surface area contributed by atoms with Crippen LogP contribution >= 0.6 is 11.6 Å². The summed E-state index contributed by atoms with van der Waals surface area (Å²) in [6, 6.07) is 0.478. The molecule has 1 amide bonds. The highest BCUT2D eigenvalue weighted by atomic mass is 35.5. The number of piperidine rings is 1. The van der Waals surface area contributed by atoms with Crippen molar-refractivity contribution in [2.75, 3.05) is 6.54 Å². The topological polar surface area (TPSA) is 20.3 Å². The van der Waals surface area contributed by atoms with Crippen LogP contribution in [0.2, 0.25) is 0 Å². The molecule has 1 aliphatic carbocycles. The third-order valence-electron chi connectivity index (χ3n) is 4.36. The highest BCUT2D eigenvalue weighted by Gasteiger charge is 2.39. The molecule has 4 atom stereocenters. The lowest BCUT2D eigenvalue weighted by Crippen LogP contribution is -2.53. The number of likely N-dealkylation sites (tertiary alicyclic amines) is 1. The number of halogens is 1. The van der Waals surface area contributed by atoms with Crippen molar-refractivity contribution in [3.05, 3.63) is 0 Å². The fraction of sp³-hybridized carbons (Fsp3) is 0.923. The quantitative estimate of drug-likeness (QED) is 0.649. The Kier molecular flexibility index (Phi) is 3.78. The van der Waals surface area contributed by atoms with Gasteiger partial charge in [0.1, 0.15) is 5.38 Å². The molecule has 1 aliphatic heterocycles. The summed E-state index contributed by atoms with van der Waals surface area (Å²) in [7, 11) is 0. The summed E-state index contributed by atoms with van der Waals surface area (Å²) < 4.78 is 0. The molecule has 2 rings (SSSR count). The van der Waals surface area contributed by atoms with Crippen molar-refractivity contribution >= 4 is 17.5 Å². The van der Waals surface area contributed by atoms with Gasteiger partial charge in [-0.3, -0.25) is 4.79 Å². The highest BCUT2D eigenvalue weighted by Crippen LogP contribution is 2.39. The van der Waals surface area contributed by atoms with Gasteiger partial charge in [-0.05, 0) is 38.0 Å². The number of nitrogens with zero attached hydrogens (tertiary/aromatic N) is 1. The predicted octanol–water partition coefficient (Wildman–Crippen LogP) is 3.04. The van der Waals surface area contributed by atoms with Gasteiger partial charge in [0, 0.05) is 12.6 Å². The molecule has 1 saturated carbocycles. The Bertz CT molecular complexity index is 267. The Morgan fingerprint density at radius 3 is 2.69 bits per heavy atom. The molecule has 0 aromatic heterocycles. The van der Waals surface area contributed by atoms with Crippen LogP contribution in [0.25, 0.3) is 0 Å². The molecular weight excluding hydrogens is 222 g/mol. The van der Waals surface area contributed by atoms with Crippen LogP contribution in [0.1, 0.15) is 46.0 Å². The summed E-state index contributed by atoms with van der Waals surface area (Å²) in [6.07, 6.45) is 6.24. The van der Waals surface area contributed by atoms with Gasteiger partial charge in [-0.2, -0.15) is 0 Å². The smallest absolute Gasteiger partial charge is 0.240 e. The van der Waals surface area contributed by atoms with E-state index in [2.05, 4.69) is 11.8 Å². The Hall–Kier alpha value is -0.240. The average Bonchev–Trinajstić information content (AvgIpc) is 2.29. The van der Waals surface area contributed by atoms with Gasteiger partial charge in [0.05, 0.1) is 0 Å². The Balaban J connectivity index is 2.11. The third-order valence-corrected chi connectivity index (χ3v) is 4.55. The Morgan fingerprint density at radius 1 is 1.31 bits per heavy atom. The molecule has 1 saturated heterocycles. The van der Waals surface area contributed by atoms with Crippen molar-refractivity contribution in [1.82, 2.24) is 4.90 Å². The second-order valence-electron chi connectivity index (χ2n) is 5.43. The van der Waals surface area contributed by atoms with E-state index in [1.807, 2.05) is 0 Å². The van der Waals surface area contributed by atoms with E-state index in [1.54, 1.807) is 6.92 Å². The van der Waals surface area contributed by atoms with E-state index >= 15 is 0 Å². The predicted molar refractivity (Wildman–Crippen MR) is 66.6 cm³/mol. The van der Waals surface area contributed by atoms with Gasteiger partial charge in [-0.25, -0.2) is 0 Å². The van der Waals surface area contributed by atoms with Crippen LogP contribution in [-0.4, -0.2) is 28.8 Å². The van der Waals surface area contributed by atoms with E-state index in [1.165, 1.54) is 25.7 Å². The number of fused-ring (bicyclic) bond motifs is 1. The van der Waals surface area contributed by atoms with Gasteiger partial charge in [0.25, 0.3) is 0 Å². The molecule has 2 aliphatic rings. The molecule has 0 bridgehead atoms. The Labute approximate surface area is 103 Å². The lowest BCUT2D eigenvalue weighted by Gasteiger charge is -2.47. The largest absolute Gasteiger partial charge is 0.338 e. The van der Waals surface area contributed by atoms with Crippen LogP contribution in [0.5, 0.6) is 0 Å². The van der Waals surface area contributed by atoms with Crippen LogP contribution in [0.15, 0.2) is 0 Å². The molecule has 92 valence electrons. The summed E-state index contributed by atoms with van der Waals surface area (Å²) in [5, 5.41) is -0.365. The third kappa shape index (κ3) is 2.22. The van der Waals surface area contributed by atoms with Gasteiger partial charge >= 0.3 is 0 Å². The zero-order valence-electron chi connectivity index (χ0n) is 10.3. The lowest BCUT2D eigenvalue weighted by molar-refractivity contribution is -0.138. The van der Waals surface area contributed by atoms with E-state index < -0.39 is 0 Å². The summed E-state index contributed by atoms with van der Waals surface area (Å²) in [5.74, 6) is 1.65. The first-order valence-corrected chi connectivity index (χ1v) is 6.99. The van der Waals surface area contributed by atoms with Crippen molar-refractivity contribution in [3.8, 4) is 0 Å². The van der Waals surface area contributed by atoms with Crippen LogP contribution < -0.4 is 0 Å². The molecule has 4 unspecified atom stereocenters. The minimum atomic E-state index is -0.365. The van der Waals surface area contributed by atoms with Gasteiger partial charge in [0.2, 0.25) is 5.91 Å². The Morgan fingerprint density at radius 2 is 2.00 bits per heavy atom. The SMILES string of the molecule is CC(Cl)C(=O)N1CCC(C)C2CCCCC21. The second kappa shape index (κ2) is 4.95. The summed E-state index contributed by atoms with van der Waals surface area (Å²) in [4.78, 5) is 14.1. The molecule has 2 nitrogen and oxygen atoms in total. The molecule has 2 fully saturated rings. The number of rotatable bonds is 1. The summed E-state index contributed by atoms with van der Waals surface area (Å²) >= 11 is 5.94. The van der Waals surface area contributed by atoms with Crippen molar-refractivity contribution in [3.63, 3.8) is 0 Å². The van der Waals surface area contributed by atoms with E-state index in [-0.39, 0.29) is 11.3 Å². The van der Waals surface area contributed by atoms with Crippen LogP contribution in [0, 0.1) is 11.8 Å². The monoisotopic (exact) mass is 243 g/mol. The number of amides is 1. The molecule has 3 heteroatoms. The van der Waals surface area contributed by atoms with E-state index in [9.17, 15) is 4.79 Å². The summed E-state index contributed by atoms with van der Waals surface area (Å²) in [6.45, 7) is 5.05. The van der Waals surface area contributed by atoms with Gasteiger partial charge in [-0.15, -0.1) is 11.6 Å². The molecule has 0 aromatic carbocycles. The van der Waals surface area contributed by atoms with Crippen molar-refractivity contribution in [2.24, 2.45) is 11.8 Å². The van der Waals surface area contributed by atoms with E-state index in [0.717, 1.165) is 24.8 Å². The number of carbonyl (C=O) groups is 1. The molecule has 16 heavy (non-hydrogen) atoms. The van der Waals surface area contributed by atoms with Gasteiger partial charge in [0.15, 0.2) is 0 Å². The minimum absolute atomic E-state index is 0.144. The van der Waals surface area contributed by atoms with Crippen LogP contribution in [0.3, 0.4) is 0 Å². The van der Waals surface area contributed by atoms with Crippen molar-refractivity contribution in [2.45, 2.75) is 57.4 Å². The number of hydrogen-bond acceptors (Lipinski definition) is 1. The maximum atomic E-state index is 12.1. The fourth-order valence-electron chi connectivity index (χ4n) is 3.42. The molecule has 0 aromatic rings. The van der Waals surface area contributed by atoms with E-state index in [4.69, 9.17) is 11.6 Å². The maximum absolute atomic E-state index is 12.1. The standard InChI is InChI=1S/C13H22ClNO/c1-9-7-8-15(13(16)10(2)14)12-6-4-3-5-11(9)12/h9-12H,3-8H2,1-2H3. The van der Waals surface area contributed by atoms with E-state index in [0.29, 0.717) is 6.04 Å². The molecule has 0 radical (unpaired) electrons. The van der Waals surface area contributed by atoms with Crippen molar-refractivity contribution in [1.29, 1.82) is 0 Å². The number of carbonyl (C=O) groups excluding carboxylic acids is 1. The highest BCUT2D eigenvalue weighted by molar-refractivity contribution is 6.30. The van der Waals surface area contributed by atoms with Gasteiger partial charge in [-0.1, -0.05) is 19.8 Å². The van der Waals surface area contributed by atoms with Crippen LogP contribution in [-0.2, 0) is 4.79 Å². The van der Waals surface area contributed by atoms with Gasteiger partial charge < -0.3 is 4.90 Å². The number of alkyl halides is 1. The minimum Gasteiger partial charge on any atom is -0.338 e. The fourth-order valence-corrected chi connectivity index (χ4v) is 3.54. The second-order valence-corrected chi connectivity index (χ2v) is 6.08. The van der Waals surface area contributed by atoms with Crippen molar-refractivity contribution < 1.29 is 4.79 Å². The zero-order valence-corrected chi connectivity index (χ0v) is 11.0. The first-order valence-electron chi connectivity index (χ1n) is 6.56. The molecule has 1 heterocycles. The maximum Gasteiger partial charge on any atom is 0.240 e. The first-order chi connectivity index (χ1) is 7.61. The zero-order chi connectivity index (χ0) is 11.7.